The first kappa shape index (κ1) is 25.4. The van der Waals surface area contributed by atoms with Crippen LogP contribution in [0.4, 0.5) is 5.69 Å². The molecule has 4 rings (SSSR count). The van der Waals surface area contributed by atoms with Crippen molar-refractivity contribution in [3.8, 4) is 23.0 Å². The lowest BCUT2D eigenvalue weighted by Gasteiger charge is -2.39. The predicted octanol–water partition coefficient (Wildman–Crippen LogP) is 5.03. The van der Waals surface area contributed by atoms with Crippen molar-refractivity contribution < 1.29 is 23.7 Å². The van der Waals surface area contributed by atoms with E-state index >= 15 is 0 Å². The first-order valence-corrected chi connectivity index (χ1v) is 12.1. The van der Waals surface area contributed by atoms with E-state index in [1.54, 1.807) is 28.4 Å². The molecule has 0 unspecified atom stereocenters. The van der Waals surface area contributed by atoms with Gasteiger partial charge >= 0.3 is 0 Å². The molecule has 3 aromatic rings. The molecule has 36 heavy (non-hydrogen) atoms. The molecule has 0 atom stereocenters. The van der Waals surface area contributed by atoms with E-state index in [4.69, 9.17) is 18.9 Å². The van der Waals surface area contributed by atoms with Gasteiger partial charge in [0.1, 0.15) is 0 Å². The van der Waals surface area contributed by atoms with Crippen LogP contribution < -0.4 is 23.8 Å². The van der Waals surface area contributed by atoms with E-state index in [2.05, 4.69) is 11.0 Å². The smallest absolute Gasteiger partial charge is 0.258 e. The first-order chi connectivity index (χ1) is 17.6. The second-order valence-electron chi connectivity index (χ2n) is 8.74. The summed E-state index contributed by atoms with van der Waals surface area (Å²) in [6.07, 6.45) is 1.69. The number of piperidine rings is 1. The molecule has 7 heteroatoms. The number of ether oxygens (including phenoxy) is 4. The number of carbonyl (C=O) groups is 1. The fraction of sp³-hybridized carbons (Fsp3) is 0.345. The summed E-state index contributed by atoms with van der Waals surface area (Å²) in [5.41, 5.74) is 2.55. The van der Waals surface area contributed by atoms with Gasteiger partial charge in [0.2, 0.25) is 0 Å². The summed E-state index contributed by atoms with van der Waals surface area (Å²) in [6.45, 7) is 2.48. The van der Waals surface area contributed by atoms with E-state index < -0.39 is 0 Å². The molecule has 0 spiro atoms. The Morgan fingerprint density at radius 1 is 0.806 bits per heavy atom. The maximum Gasteiger partial charge on any atom is 0.258 e. The number of carbonyl (C=O) groups excluding carboxylic acids is 1. The number of para-hydroxylation sites is 1. The molecule has 0 radical (unpaired) electrons. The summed E-state index contributed by atoms with van der Waals surface area (Å²) in [6, 6.07) is 21.1. The van der Waals surface area contributed by atoms with Crippen molar-refractivity contribution in [2.75, 3.05) is 46.4 Å². The summed E-state index contributed by atoms with van der Waals surface area (Å²) in [4.78, 5) is 18.0. The third kappa shape index (κ3) is 5.41. The third-order valence-electron chi connectivity index (χ3n) is 6.69. The number of hydrogen-bond acceptors (Lipinski definition) is 6. The Balaban J connectivity index is 1.56. The van der Waals surface area contributed by atoms with E-state index in [1.807, 2.05) is 65.6 Å². The van der Waals surface area contributed by atoms with Crippen LogP contribution in [0, 0.1) is 0 Å². The summed E-state index contributed by atoms with van der Waals surface area (Å²) in [5, 5.41) is 0. The van der Waals surface area contributed by atoms with Crippen LogP contribution >= 0.6 is 0 Å². The maximum atomic E-state index is 13.7. The minimum absolute atomic E-state index is 0.0178. The van der Waals surface area contributed by atoms with E-state index in [0.717, 1.165) is 55.2 Å². The molecular weight excluding hydrogens is 456 g/mol. The number of methoxy groups -OCH3 is 4. The standard InChI is InChI=1S/C29H34N2O5/c1-33-25-14-13-24(19-27(25)35-3)31(29(32)21-9-6-5-7-10-21)23-15-17-30(18-16-23)20-22-11-8-12-26(34-2)28(22)36-4/h5-14,19,23H,15-18,20H2,1-4H3. The van der Waals surface area contributed by atoms with E-state index in [1.165, 1.54) is 0 Å². The zero-order valence-electron chi connectivity index (χ0n) is 21.4. The SMILES string of the molecule is COc1ccc(N(C(=O)c2ccccc2)C2CCN(Cc3cccc(OC)c3OC)CC2)cc1OC. The van der Waals surface area contributed by atoms with Crippen LogP contribution in [0.15, 0.2) is 66.7 Å². The van der Waals surface area contributed by atoms with Crippen molar-refractivity contribution in [3.63, 3.8) is 0 Å². The lowest BCUT2D eigenvalue weighted by Crippen LogP contribution is -2.47. The van der Waals surface area contributed by atoms with Gasteiger partial charge in [-0.25, -0.2) is 0 Å². The first-order valence-electron chi connectivity index (χ1n) is 12.1. The molecule has 0 aromatic heterocycles. The molecule has 1 amide bonds. The minimum Gasteiger partial charge on any atom is -0.493 e. The van der Waals surface area contributed by atoms with Crippen molar-refractivity contribution in [2.45, 2.75) is 25.4 Å². The molecule has 1 saturated heterocycles. The quantitative estimate of drug-likeness (QED) is 0.419. The monoisotopic (exact) mass is 490 g/mol. The van der Waals surface area contributed by atoms with Crippen molar-refractivity contribution in [1.82, 2.24) is 4.90 Å². The van der Waals surface area contributed by atoms with Crippen LogP contribution in [-0.4, -0.2) is 58.4 Å². The molecule has 1 fully saturated rings. The van der Waals surface area contributed by atoms with Gasteiger partial charge in [0, 0.05) is 48.6 Å². The summed E-state index contributed by atoms with van der Waals surface area (Å²) in [5.74, 6) is 2.72. The van der Waals surface area contributed by atoms with Gasteiger partial charge in [0.05, 0.1) is 28.4 Å². The summed E-state index contributed by atoms with van der Waals surface area (Å²) in [7, 11) is 6.54. The highest BCUT2D eigenvalue weighted by Gasteiger charge is 2.31. The van der Waals surface area contributed by atoms with Gasteiger partial charge in [0.15, 0.2) is 23.0 Å². The molecule has 0 saturated carbocycles. The van der Waals surface area contributed by atoms with Gasteiger partial charge in [-0.3, -0.25) is 9.69 Å². The zero-order chi connectivity index (χ0) is 25.5. The van der Waals surface area contributed by atoms with Crippen LogP contribution in [0.3, 0.4) is 0 Å². The summed E-state index contributed by atoms with van der Waals surface area (Å²) >= 11 is 0. The summed E-state index contributed by atoms with van der Waals surface area (Å²) < 4.78 is 22.0. The Morgan fingerprint density at radius 3 is 2.14 bits per heavy atom. The second kappa shape index (κ2) is 11.8. The highest BCUT2D eigenvalue weighted by Crippen LogP contribution is 2.36. The van der Waals surface area contributed by atoms with Crippen LogP contribution in [-0.2, 0) is 6.54 Å². The average molecular weight is 491 g/mol. The normalized spacial score (nSPS) is 14.2. The van der Waals surface area contributed by atoms with Crippen LogP contribution in [0.5, 0.6) is 23.0 Å². The minimum atomic E-state index is -0.0178. The van der Waals surface area contributed by atoms with Crippen molar-refractivity contribution in [3.05, 3.63) is 77.9 Å². The number of likely N-dealkylation sites (tertiary alicyclic amines) is 1. The number of hydrogen-bond donors (Lipinski definition) is 0. The molecule has 0 N–H and O–H groups in total. The topological polar surface area (TPSA) is 60.5 Å². The Labute approximate surface area is 213 Å². The molecule has 190 valence electrons. The van der Waals surface area contributed by atoms with Crippen molar-refractivity contribution in [2.24, 2.45) is 0 Å². The number of benzene rings is 3. The largest absolute Gasteiger partial charge is 0.493 e. The van der Waals surface area contributed by atoms with E-state index in [0.29, 0.717) is 17.1 Å². The molecule has 0 aliphatic carbocycles. The van der Waals surface area contributed by atoms with Gasteiger partial charge in [-0.2, -0.15) is 0 Å². The lowest BCUT2D eigenvalue weighted by molar-refractivity contribution is 0.0958. The van der Waals surface area contributed by atoms with Crippen molar-refractivity contribution in [1.29, 1.82) is 0 Å². The molecule has 1 aliphatic heterocycles. The number of anilines is 1. The van der Waals surface area contributed by atoms with Crippen LogP contribution in [0.2, 0.25) is 0 Å². The Kier molecular flexibility index (Phi) is 8.33. The Morgan fingerprint density at radius 2 is 1.50 bits per heavy atom. The highest BCUT2D eigenvalue weighted by atomic mass is 16.5. The third-order valence-corrected chi connectivity index (χ3v) is 6.69. The molecule has 0 bridgehead atoms. The van der Waals surface area contributed by atoms with Crippen molar-refractivity contribution >= 4 is 11.6 Å². The molecule has 7 nitrogen and oxygen atoms in total. The molecule has 1 aliphatic rings. The number of rotatable bonds is 9. The van der Waals surface area contributed by atoms with E-state index in [9.17, 15) is 4.79 Å². The van der Waals surface area contributed by atoms with Gasteiger partial charge < -0.3 is 23.8 Å². The molecule has 1 heterocycles. The van der Waals surface area contributed by atoms with Gasteiger partial charge in [-0.15, -0.1) is 0 Å². The van der Waals surface area contributed by atoms with E-state index in [-0.39, 0.29) is 11.9 Å². The molecular formula is C29H34N2O5. The van der Waals surface area contributed by atoms with Gasteiger partial charge in [-0.05, 0) is 43.2 Å². The predicted molar refractivity (Wildman–Crippen MR) is 141 cm³/mol. The van der Waals surface area contributed by atoms with Crippen LogP contribution in [0.25, 0.3) is 0 Å². The fourth-order valence-electron chi connectivity index (χ4n) is 4.84. The average Bonchev–Trinajstić information content (AvgIpc) is 2.94. The molecule has 3 aromatic carbocycles. The number of amides is 1. The maximum absolute atomic E-state index is 13.7. The zero-order valence-corrected chi connectivity index (χ0v) is 21.4. The highest BCUT2D eigenvalue weighted by molar-refractivity contribution is 6.06. The Hall–Kier alpha value is -3.71. The second-order valence-corrected chi connectivity index (χ2v) is 8.74. The number of nitrogens with zero attached hydrogens (tertiary/aromatic N) is 2. The van der Waals surface area contributed by atoms with Crippen LogP contribution in [0.1, 0.15) is 28.8 Å². The van der Waals surface area contributed by atoms with Gasteiger partial charge in [0.25, 0.3) is 5.91 Å². The lowest BCUT2D eigenvalue weighted by atomic mass is 10.00. The Bertz CT molecular complexity index is 1160. The fourth-order valence-corrected chi connectivity index (χ4v) is 4.84. The van der Waals surface area contributed by atoms with Gasteiger partial charge in [-0.1, -0.05) is 30.3 Å².